The molecule has 4 aromatic carbocycles. The summed E-state index contributed by atoms with van der Waals surface area (Å²) in [5.41, 5.74) is 9.60. The Morgan fingerprint density at radius 1 is 0.650 bits per heavy atom. The third-order valence-electron chi connectivity index (χ3n) is 9.98. The van der Waals surface area contributed by atoms with Gasteiger partial charge in [0.25, 0.3) is 0 Å². The van der Waals surface area contributed by atoms with Gasteiger partial charge in [-0.1, -0.05) is 53.7 Å². The second-order valence-corrected chi connectivity index (χ2v) is 17.5. The lowest BCUT2D eigenvalue weighted by molar-refractivity contribution is 0.0614. The number of fused-ring (bicyclic) bond motifs is 6. The van der Waals surface area contributed by atoms with Crippen LogP contribution < -0.4 is 25.4 Å². The van der Waals surface area contributed by atoms with Crippen molar-refractivity contribution in [2.45, 2.75) is 59.4 Å². The summed E-state index contributed by atoms with van der Waals surface area (Å²) in [5, 5.41) is 1.03. The number of rotatable bonds is 6. The SMILES string of the molecule is CC(C)(C)COc1ccc2c(c1)C1(CC(F)(F)C(N)=N1)c1cc(-c3cncnc3)ccc1O2.CC(C)(C)COc1ccc2oc3ccc(-c4cncnc4)cc3c(=O)c2c1. The maximum absolute atomic E-state index is 14.8. The topological polar surface area (TPSA) is 148 Å². The lowest BCUT2D eigenvalue weighted by Gasteiger charge is -2.35. The van der Waals surface area contributed by atoms with Crippen molar-refractivity contribution in [2.75, 3.05) is 13.2 Å². The molecule has 1 spiro atoms. The van der Waals surface area contributed by atoms with Crippen LogP contribution in [0.25, 0.3) is 44.2 Å². The van der Waals surface area contributed by atoms with Gasteiger partial charge in [0.1, 0.15) is 52.4 Å². The summed E-state index contributed by atoms with van der Waals surface area (Å²) >= 11 is 0. The predicted molar refractivity (Wildman–Crippen MR) is 227 cm³/mol. The molecule has 0 fully saturated rings. The Balaban J connectivity index is 0.000000170. The number of benzene rings is 4. The zero-order chi connectivity index (χ0) is 42.5. The minimum Gasteiger partial charge on any atom is -0.493 e. The van der Waals surface area contributed by atoms with Crippen molar-refractivity contribution in [1.82, 2.24) is 19.9 Å². The van der Waals surface area contributed by atoms with Crippen LogP contribution in [0.3, 0.4) is 0 Å². The quantitative estimate of drug-likeness (QED) is 0.161. The maximum atomic E-state index is 14.8. The Morgan fingerprint density at radius 3 is 1.70 bits per heavy atom. The van der Waals surface area contributed by atoms with E-state index in [4.69, 9.17) is 24.4 Å². The number of halogens is 2. The second kappa shape index (κ2) is 15.1. The fourth-order valence-electron chi connectivity index (χ4n) is 7.05. The van der Waals surface area contributed by atoms with E-state index in [1.807, 2.05) is 30.3 Å². The van der Waals surface area contributed by atoms with E-state index in [0.29, 0.717) is 69.3 Å². The molecule has 7 aromatic rings. The van der Waals surface area contributed by atoms with Crippen LogP contribution in [0.4, 0.5) is 8.78 Å². The Labute approximate surface area is 345 Å². The summed E-state index contributed by atoms with van der Waals surface area (Å²) in [6, 6.07) is 21.6. The van der Waals surface area contributed by atoms with Gasteiger partial charge in [-0.3, -0.25) is 9.79 Å². The molecule has 0 aliphatic carbocycles. The van der Waals surface area contributed by atoms with E-state index in [1.54, 1.807) is 67.3 Å². The van der Waals surface area contributed by atoms with Crippen molar-refractivity contribution in [3.8, 4) is 45.3 Å². The minimum atomic E-state index is -3.25. The molecule has 1 unspecified atom stereocenters. The van der Waals surface area contributed by atoms with E-state index in [9.17, 15) is 13.6 Å². The van der Waals surface area contributed by atoms with Gasteiger partial charge in [-0.2, -0.15) is 8.78 Å². The molecular weight excluding hydrogens is 767 g/mol. The first kappa shape index (κ1) is 40.0. The van der Waals surface area contributed by atoms with Gasteiger partial charge in [0.15, 0.2) is 5.84 Å². The third kappa shape index (κ3) is 8.12. The Bertz CT molecular complexity index is 2820. The first-order chi connectivity index (χ1) is 28.5. The van der Waals surface area contributed by atoms with Gasteiger partial charge in [-0.05, 0) is 82.6 Å². The highest BCUT2D eigenvalue weighted by Crippen LogP contribution is 2.57. The van der Waals surface area contributed by atoms with Crippen LogP contribution in [0, 0.1) is 10.8 Å². The molecule has 2 aliphatic rings. The number of alkyl halides is 2. The lowest BCUT2D eigenvalue weighted by atomic mass is 9.77. The van der Waals surface area contributed by atoms with Crippen molar-refractivity contribution in [3.05, 3.63) is 132 Å². The summed E-state index contributed by atoms with van der Waals surface area (Å²) in [6.07, 6.45) is 9.09. The highest BCUT2D eigenvalue weighted by Gasteiger charge is 2.57. The zero-order valence-corrected chi connectivity index (χ0v) is 34.1. The number of hydrogen-bond acceptors (Lipinski definition) is 11. The molecule has 1 atom stereocenters. The molecule has 0 radical (unpaired) electrons. The van der Waals surface area contributed by atoms with Crippen LogP contribution in [0.2, 0.25) is 0 Å². The fraction of sp³-hybridized carbons (Fsp3) is 0.277. The van der Waals surface area contributed by atoms with E-state index in [1.165, 1.54) is 12.7 Å². The van der Waals surface area contributed by atoms with Crippen molar-refractivity contribution in [1.29, 1.82) is 0 Å². The molecule has 9 rings (SSSR count). The van der Waals surface area contributed by atoms with Crippen LogP contribution in [0.1, 0.15) is 59.1 Å². The first-order valence-corrected chi connectivity index (χ1v) is 19.5. The number of nitrogens with zero attached hydrogens (tertiary/aromatic N) is 5. The fourth-order valence-corrected chi connectivity index (χ4v) is 7.05. The van der Waals surface area contributed by atoms with E-state index in [2.05, 4.69) is 66.5 Å². The Kier molecular flexibility index (Phi) is 10.1. The van der Waals surface area contributed by atoms with Gasteiger partial charge in [0, 0.05) is 47.0 Å². The Morgan fingerprint density at radius 2 is 1.13 bits per heavy atom. The summed E-state index contributed by atoms with van der Waals surface area (Å²) in [6.45, 7) is 13.5. The van der Waals surface area contributed by atoms with Crippen LogP contribution in [0.5, 0.6) is 23.0 Å². The summed E-state index contributed by atoms with van der Waals surface area (Å²) in [7, 11) is 0. The highest BCUT2D eigenvalue weighted by molar-refractivity contribution is 5.93. The maximum Gasteiger partial charge on any atom is 0.306 e. The predicted octanol–water partition coefficient (Wildman–Crippen LogP) is 10.1. The van der Waals surface area contributed by atoms with Gasteiger partial charge in [-0.25, -0.2) is 19.9 Å². The van der Waals surface area contributed by atoms with E-state index in [-0.39, 0.29) is 16.3 Å². The molecule has 60 heavy (non-hydrogen) atoms. The van der Waals surface area contributed by atoms with Crippen LogP contribution in [-0.4, -0.2) is 44.9 Å². The van der Waals surface area contributed by atoms with E-state index in [0.717, 1.165) is 22.3 Å². The molecule has 13 heteroatoms. The number of ether oxygens (including phenoxy) is 3. The van der Waals surface area contributed by atoms with Crippen LogP contribution in [0.15, 0.2) is 124 Å². The van der Waals surface area contributed by atoms with Crippen LogP contribution in [-0.2, 0) is 5.54 Å². The van der Waals surface area contributed by atoms with Gasteiger partial charge in [-0.15, -0.1) is 0 Å². The number of amidine groups is 1. The largest absolute Gasteiger partial charge is 0.493 e. The summed E-state index contributed by atoms with van der Waals surface area (Å²) in [4.78, 5) is 33.6. The summed E-state index contributed by atoms with van der Waals surface area (Å²) < 4.78 is 53.5. The standard InChI is InChI=1S/C25H24F2N4O2.C22H20N2O3/c1-23(2,3)13-32-17-5-7-21-19(9-17)24(12-25(26,27)22(28)31-24)18-8-15(4-6-20(18)33-21)16-10-29-14-30-11-16;1-22(2,3)12-26-16-5-7-20-18(9-16)21(25)17-8-14(4-6-19(17)27-20)15-10-23-13-24-11-15/h4-11,14H,12-13H2,1-3H3,(H2,28,31);4-11,13H,12H2,1-3H3. The number of hydrogen-bond donors (Lipinski definition) is 1. The smallest absolute Gasteiger partial charge is 0.306 e. The number of aromatic nitrogens is 4. The van der Waals surface area contributed by atoms with E-state index >= 15 is 0 Å². The molecule has 2 N–H and O–H groups in total. The van der Waals surface area contributed by atoms with Crippen LogP contribution >= 0.6 is 0 Å². The molecule has 0 amide bonds. The first-order valence-electron chi connectivity index (χ1n) is 19.5. The average Bonchev–Trinajstić information content (AvgIpc) is 3.47. The van der Waals surface area contributed by atoms with Crippen molar-refractivity contribution in [3.63, 3.8) is 0 Å². The zero-order valence-electron chi connectivity index (χ0n) is 34.1. The summed E-state index contributed by atoms with van der Waals surface area (Å²) in [5.74, 6) is -1.80. The highest BCUT2D eigenvalue weighted by atomic mass is 19.3. The van der Waals surface area contributed by atoms with E-state index < -0.39 is 23.7 Å². The second-order valence-electron chi connectivity index (χ2n) is 17.5. The molecule has 11 nitrogen and oxygen atoms in total. The van der Waals surface area contributed by atoms with Gasteiger partial charge < -0.3 is 24.4 Å². The monoisotopic (exact) mass is 810 g/mol. The minimum absolute atomic E-state index is 0.0374. The average molecular weight is 811 g/mol. The van der Waals surface area contributed by atoms with Gasteiger partial charge in [0.05, 0.1) is 30.4 Å². The molecule has 0 bridgehead atoms. The van der Waals surface area contributed by atoms with Crippen molar-refractivity contribution < 1.29 is 27.4 Å². The van der Waals surface area contributed by atoms with Gasteiger partial charge in [0.2, 0.25) is 5.43 Å². The Hall–Kier alpha value is -6.76. The molecule has 5 heterocycles. The lowest BCUT2D eigenvalue weighted by Crippen LogP contribution is -2.34. The molecule has 306 valence electrons. The number of nitrogens with two attached hydrogens (primary N) is 1. The number of aliphatic imine (C=N–C) groups is 1. The molecule has 0 saturated carbocycles. The van der Waals surface area contributed by atoms with Crippen molar-refractivity contribution in [2.24, 2.45) is 21.6 Å². The third-order valence-corrected chi connectivity index (χ3v) is 9.98. The molecular formula is C47H44F2N6O5. The van der Waals surface area contributed by atoms with Crippen molar-refractivity contribution >= 4 is 27.8 Å². The normalized spacial score (nSPS) is 16.6. The molecule has 2 aliphatic heterocycles. The van der Waals surface area contributed by atoms with Gasteiger partial charge >= 0.3 is 5.92 Å². The molecule has 0 saturated heterocycles. The molecule has 3 aromatic heterocycles.